The Balaban J connectivity index is 2.32. The summed E-state index contributed by atoms with van der Waals surface area (Å²) in [5, 5.41) is 3.22. The summed E-state index contributed by atoms with van der Waals surface area (Å²) in [4.78, 5) is 8.88. The van der Waals surface area contributed by atoms with Gasteiger partial charge in [0.2, 0.25) is 0 Å². The molecule has 0 atom stereocenters. The lowest BCUT2D eigenvalue weighted by Gasteiger charge is -2.12. The van der Waals surface area contributed by atoms with Crippen molar-refractivity contribution >= 4 is 5.82 Å². The van der Waals surface area contributed by atoms with Gasteiger partial charge in [0.1, 0.15) is 24.0 Å². The number of hydrogen-bond donors (Lipinski definition) is 1. The minimum Gasteiger partial charge on any atom is -0.490 e. The molecule has 2 rings (SSSR count). The first-order chi connectivity index (χ1) is 10.2. The minimum absolute atomic E-state index is 0.512. The lowest BCUT2D eigenvalue weighted by atomic mass is 10.1. The van der Waals surface area contributed by atoms with Crippen LogP contribution in [0.1, 0.15) is 12.7 Å². The highest BCUT2D eigenvalue weighted by Gasteiger charge is 2.09. The molecule has 0 saturated carbocycles. The third kappa shape index (κ3) is 4.16. The molecule has 0 radical (unpaired) electrons. The third-order valence-corrected chi connectivity index (χ3v) is 2.90. The number of nitrogens with one attached hydrogen (secondary N) is 1. The zero-order valence-electron chi connectivity index (χ0n) is 12.7. The van der Waals surface area contributed by atoms with Gasteiger partial charge in [-0.2, -0.15) is 0 Å². The number of aryl methyl sites for hydroxylation is 1. The Morgan fingerprint density at radius 1 is 1.14 bits per heavy atom. The third-order valence-electron chi connectivity index (χ3n) is 2.90. The Labute approximate surface area is 125 Å². The van der Waals surface area contributed by atoms with Crippen LogP contribution >= 0.6 is 0 Å². The second-order valence-corrected chi connectivity index (χ2v) is 4.55. The number of anilines is 1. The van der Waals surface area contributed by atoms with Crippen LogP contribution in [-0.4, -0.2) is 36.8 Å². The number of rotatable bonds is 7. The maximum absolute atomic E-state index is 5.77. The van der Waals surface area contributed by atoms with Crippen LogP contribution in [0, 0.1) is 6.92 Å². The van der Waals surface area contributed by atoms with E-state index in [9.17, 15) is 0 Å². The van der Waals surface area contributed by atoms with Crippen LogP contribution in [0.4, 0.5) is 5.82 Å². The van der Waals surface area contributed by atoms with Crippen LogP contribution in [0.25, 0.3) is 11.3 Å². The molecule has 0 unspecified atom stereocenters. The van der Waals surface area contributed by atoms with E-state index in [4.69, 9.17) is 9.47 Å². The SMILES string of the molecule is CCNc1cc(-c2ccccc2OCCOC)nc(C)n1. The second kappa shape index (κ2) is 7.59. The van der Waals surface area contributed by atoms with E-state index < -0.39 is 0 Å². The standard InChI is InChI=1S/C16H21N3O2/c1-4-17-16-11-14(18-12(2)19-16)13-7-5-6-8-15(13)21-10-9-20-3/h5-8,11H,4,9-10H2,1-3H3,(H,17,18,19). The van der Waals surface area contributed by atoms with E-state index >= 15 is 0 Å². The number of nitrogens with zero attached hydrogens (tertiary/aromatic N) is 2. The fourth-order valence-electron chi connectivity index (χ4n) is 2.02. The van der Waals surface area contributed by atoms with Gasteiger partial charge >= 0.3 is 0 Å². The fourth-order valence-corrected chi connectivity index (χ4v) is 2.02. The van der Waals surface area contributed by atoms with Gasteiger partial charge in [-0.05, 0) is 26.0 Å². The summed E-state index contributed by atoms with van der Waals surface area (Å²) in [5.41, 5.74) is 1.81. The number of ether oxygens (including phenoxy) is 2. The van der Waals surface area contributed by atoms with E-state index in [0.717, 1.165) is 35.2 Å². The molecule has 112 valence electrons. The van der Waals surface area contributed by atoms with Crippen molar-refractivity contribution in [3.63, 3.8) is 0 Å². The molecule has 2 aromatic rings. The first-order valence-corrected chi connectivity index (χ1v) is 7.05. The van der Waals surface area contributed by atoms with E-state index in [-0.39, 0.29) is 0 Å². The summed E-state index contributed by atoms with van der Waals surface area (Å²) in [6, 6.07) is 9.80. The number of aromatic nitrogens is 2. The number of para-hydroxylation sites is 1. The van der Waals surface area contributed by atoms with Crippen LogP contribution in [-0.2, 0) is 4.74 Å². The predicted molar refractivity (Wildman–Crippen MR) is 83.7 cm³/mol. The molecule has 5 nitrogen and oxygen atoms in total. The lowest BCUT2D eigenvalue weighted by molar-refractivity contribution is 0.146. The van der Waals surface area contributed by atoms with Crippen molar-refractivity contribution in [3.05, 3.63) is 36.2 Å². The topological polar surface area (TPSA) is 56.3 Å². The molecule has 0 bridgehead atoms. The minimum atomic E-state index is 0.512. The van der Waals surface area contributed by atoms with Crippen molar-refractivity contribution in [3.8, 4) is 17.0 Å². The highest BCUT2D eigenvalue weighted by atomic mass is 16.5. The van der Waals surface area contributed by atoms with Crippen molar-refractivity contribution in [2.24, 2.45) is 0 Å². The number of hydrogen-bond acceptors (Lipinski definition) is 5. The molecule has 0 spiro atoms. The Kier molecular flexibility index (Phi) is 5.51. The highest BCUT2D eigenvalue weighted by Crippen LogP contribution is 2.29. The monoisotopic (exact) mass is 287 g/mol. The number of methoxy groups -OCH3 is 1. The van der Waals surface area contributed by atoms with E-state index in [1.807, 2.05) is 44.2 Å². The Hall–Kier alpha value is -2.14. The Bertz CT molecular complexity index is 587. The maximum Gasteiger partial charge on any atom is 0.130 e. The molecular weight excluding hydrogens is 266 g/mol. The van der Waals surface area contributed by atoms with Crippen molar-refractivity contribution in [1.82, 2.24) is 9.97 Å². The van der Waals surface area contributed by atoms with E-state index in [1.165, 1.54) is 0 Å². The lowest BCUT2D eigenvalue weighted by Crippen LogP contribution is -2.06. The molecule has 0 aliphatic rings. The largest absolute Gasteiger partial charge is 0.490 e. The van der Waals surface area contributed by atoms with Crippen LogP contribution in [0.3, 0.4) is 0 Å². The van der Waals surface area contributed by atoms with Crippen LogP contribution in [0.2, 0.25) is 0 Å². The zero-order valence-corrected chi connectivity index (χ0v) is 12.7. The highest BCUT2D eigenvalue weighted by molar-refractivity contribution is 5.69. The van der Waals surface area contributed by atoms with Gasteiger partial charge in [-0.25, -0.2) is 9.97 Å². The molecule has 1 N–H and O–H groups in total. The van der Waals surface area contributed by atoms with Gasteiger partial charge in [0.25, 0.3) is 0 Å². The van der Waals surface area contributed by atoms with Crippen LogP contribution < -0.4 is 10.1 Å². The summed E-state index contributed by atoms with van der Waals surface area (Å²) >= 11 is 0. The summed E-state index contributed by atoms with van der Waals surface area (Å²) in [7, 11) is 1.66. The zero-order chi connectivity index (χ0) is 15.1. The molecule has 0 saturated heterocycles. The van der Waals surface area contributed by atoms with E-state index in [2.05, 4.69) is 15.3 Å². The predicted octanol–water partition coefficient (Wildman–Crippen LogP) is 2.91. The summed E-state index contributed by atoms with van der Waals surface area (Å²) in [6.07, 6.45) is 0. The smallest absolute Gasteiger partial charge is 0.130 e. The average Bonchev–Trinajstić information content (AvgIpc) is 2.48. The Morgan fingerprint density at radius 2 is 1.95 bits per heavy atom. The molecule has 0 amide bonds. The van der Waals surface area contributed by atoms with Crippen LogP contribution in [0.5, 0.6) is 5.75 Å². The van der Waals surface area contributed by atoms with Crippen LogP contribution in [0.15, 0.2) is 30.3 Å². The van der Waals surface area contributed by atoms with Crippen molar-refractivity contribution in [1.29, 1.82) is 0 Å². The summed E-state index contributed by atoms with van der Waals surface area (Å²) in [6.45, 7) is 5.82. The molecule has 1 aromatic carbocycles. The molecule has 0 aliphatic heterocycles. The van der Waals surface area contributed by atoms with Gasteiger partial charge in [-0.1, -0.05) is 12.1 Å². The van der Waals surface area contributed by atoms with Crippen molar-refractivity contribution < 1.29 is 9.47 Å². The van der Waals surface area contributed by atoms with Gasteiger partial charge in [0.05, 0.1) is 12.3 Å². The maximum atomic E-state index is 5.77. The average molecular weight is 287 g/mol. The van der Waals surface area contributed by atoms with Gasteiger partial charge < -0.3 is 14.8 Å². The quantitative estimate of drug-likeness (QED) is 0.794. The number of benzene rings is 1. The normalized spacial score (nSPS) is 10.4. The summed E-state index contributed by atoms with van der Waals surface area (Å²) in [5.74, 6) is 2.36. The molecule has 1 heterocycles. The molecule has 0 fully saturated rings. The second-order valence-electron chi connectivity index (χ2n) is 4.55. The van der Waals surface area contributed by atoms with E-state index in [1.54, 1.807) is 7.11 Å². The molecule has 5 heteroatoms. The molecular formula is C16H21N3O2. The molecule has 0 aliphatic carbocycles. The molecule has 21 heavy (non-hydrogen) atoms. The molecule has 1 aromatic heterocycles. The van der Waals surface area contributed by atoms with Gasteiger partial charge in [-0.15, -0.1) is 0 Å². The summed E-state index contributed by atoms with van der Waals surface area (Å²) < 4.78 is 10.8. The first-order valence-electron chi connectivity index (χ1n) is 7.05. The first kappa shape index (κ1) is 15.3. The van der Waals surface area contributed by atoms with E-state index in [0.29, 0.717) is 13.2 Å². The van der Waals surface area contributed by atoms with Crippen molar-refractivity contribution in [2.45, 2.75) is 13.8 Å². The van der Waals surface area contributed by atoms with Gasteiger partial charge in [0, 0.05) is 25.3 Å². The fraction of sp³-hybridized carbons (Fsp3) is 0.375. The van der Waals surface area contributed by atoms with Gasteiger partial charge in [-0.3, -0.25) is 0 Å². The van der Waals surface area contributed by atoms with Crippen molar-refractivity contribution in [2.75, 3.05) is 32.2 Å². The Morgan fingerprint density at radius 3 is 2.71 bits per heavy atom. The van der Waals surface area contributed by atoms with Gasteiger partial charge in [0.15, 0.2) is 0 Å².